The van der Waals surface area contributed by atoms with Crippen molar-refractivity contribution in [1.82, 2.24) is 4.57 Å². The molecule has 1 unspecified atom stereocenters. The van der Waals surface area contributed by atoms with Crippen LogP contribution in [0.25, 0.3) is 76.7 Å². The van der Waals surface area contributed by atoms with Gasteiger partial charge < -0.3 is 23.7 Å². The van der Waals surface area contributed by atoms with Gasteiger partial charge >= 0.3 is 0 Å². The summed E-state index contributed by atoms with van der Waals surface area (Å²) in [5.41, 5.74) is 9.23. The molecule has 10 aromatic rings. The largest absolute Gasteiger partial charge is 0.456 e. The highest BCUT2D eigenvalue weighted by Crippen LogP contribution is 2.40. The van der Waals surface area contributed by atoms with E-state index in [4.69, 9.17) is 24.1 Å². The molecule has 0 bridgehead atoms. The number of para-hydroxylation sites is 4. The van der Waals surface area contributed by atoms with Crippen LogP contribution >= 0.6 is 0 Å². The quantitative estimate of drug-likeness (QED) is 0.189. The lowest BCUT2D eigenvalue weighted by atomic mass is 10.0. The van der Waals surface area contributed by atoms with Gasteiger partial charge in [0.25, 0.3) is 0 Å². The lowest BCUT2D eigenvalue weighted by Gasteiger charge is -2.32. The van der Waals surface area contributed by atoms with Crippen LogP contribution in [0, 0.1) is 0 Å². The smallest absolute Gasteiger partial charge is 0.142 e. The Morgan fingerprint density at radius 2 is 1.18 bits per heavy atom. The zero-order valence-corrected chi connectivity index (χ0v) is 27.2. The fraction of sp³-hybridized carbons (Fsp3) is 0.0222. The summed E-state index contributed by atoms with van der Waals surface area (Å²) in [4.78, 5) is 10.3. The molecular formula is C45H27N4O2-. The van der Waals surface area contributed by atoms with Crippen molar-refractivity contribution in [3.63, 3.8) is 0 Å². The second-order valence-corrected chi connectivity index (χ2v) is 12.9. The standard InChI is InChI=1S/C45H27N4O2/c1-2-12-27(13-3-1)43-46-44(48-45(47-43)35-19-10-17-32-31-16-6-9-22-38(31)51-42(32)35)34-18-11-23-39-41(34)33-25-24-28(26-40(33)50-39)49-36-20-7-4-14-29(36)30-15-5-8-21-37(30)49/h1-26,43H/q-1. The van der Waals surface area contributed by atoms with Crippen molar-refractivity contribution in [1.29, 1.82) is 0 Å². The number of fused-ring (bicyclic) bond motifs is 9. The van der Waals surface area contributed by atoms with Crippen LogP contribution in [0.15, 0.2) is 177 Å². The number of rotatable bonds is 4. The first kappa shape index (κ1) is 28.0. The van der Waals surface area contributed by atoms with Crippen LogP contribution in [0.1, 0.15) is 22.9 Å². The van der Waals surface area contributed by atoms with E-state index >= 15 is 0 Å². The number of benzene rings is 7. The zero-order valence-electron chi connectivity index (χ0n) is 27.2. The van der Waals surface area contributed by atoms with Crippen molar-refractivity contribution in [2.45, 2.75) is 6.17 Å². The van der Waals surface area contributed by atoms with Crippen LogP contribution in [-0.2, 0) is 0 Å². The number of aromatic nitrogens is 1. The first-order valence-corrected chi connectivity index (χ1v) is 17.1. The van der Waals surface area contributed by atoms with Crippen molar-refractivity contribution in [2.24, 2.45) is 9.98 Å². The van der Waals surface area contributed by atoms with Crippen LogP contribution < -0.4 is 0 Å². The average molecular weight is 656 g/mol. The Kier molecular flexibility index (Phi) is 5.92. The van der Waals surface area contributed by atoms with Gasteiger partial charge in [0.1, 0.15) is 22.3 Å². The molecule has 0 saturated carbocycles. The fourth-order valence-electron chi connectivity index (χ4n) is 7.72. The molecule has 0 amide bonds. The Bertz CT molecular complexity index is 3020. The van der Waals surface area contributed by atoms with E-state index in [0.717, 1.165) is 77.3 Å². The van der Waals surface area contributed by atoms with E-state index in [1.807, 2.05) is 60.7 Å². The van der Waals surface area contributed by atoms with Crippen molar-refractivity contribution in [2.75, 3.05) is 0 Å². The van der Waals surface area contributed by atoms with E-state index in [1.54, 1.807) is 0 Å². The van der Waals surface area contributed by atoms with E-state index in [1.165, 1.54) is 10.8 Å². The number of hydrogen-bond donors (Lipinski definition) is 0. The number of furan rings is 2. The maximum Gasteiger partial charge on any atom is 0.142 e. The molecule has 0 saturated heterocycles. The van der Waals surface area contributed by atoms with E-state index in [0.29, 0.717) is 11.7 Å². The lowest BCUT2D eigenvalue weighted by Crippen LogP contribution is -2.16. The molecule has 51 heavy (non-hydrogen) atoms. The van der Waals surface area contributed by atoms with Crippen molar-refractivity contribution < 1.29 is 8.83 Å². The Morgan fingerprint density at radius 1 is 0.510 bits per heavy atom. The molecular weight excluding hydrogens is 629 g/mol. The van der Waals surface area contributed by atoms with Gasteiger partial charge in [-0.2, -0.15) is 0 Å². The maximum atomic E-state index is 6.61. The van der Waals surface area contributed by atoms with Gasteiger partial charge in [0.15, 0.2) is 0 Å². The molecule has 1 aliphatic heterocycles. The molecule has 240 valence electrons. The topological polar surface area (TPSA) is 70.0 Å². The number of nitrogens with zero attached hydrogens (tertiary/aromatic N) is 4. The summed E-state index contributed by atoms with van der Waals surface area (Å²) in [6.45, 7) is 0. The third-order valence-electron chi connectivity index (χ3n) is 10.0. The highest BCUT2D eigenvalue weighted by Gasteiger charge is 2.20. The number of hydrogen-bond acceptors (Lipinski definition) is 4. The summed E-state index contributed by atoms with van der Waals surface area (Å²) < 4.78 is 15.3. The molecule has 0 N–H and O–H groups in total. The molecule has 1 atom stereocenters. The zero-order chi connectivity index (χ0) is 33.5. The summed E-state index contributed by atoms with van der Waals surface area (Å²) >= 11 is 0. The summed E-state index contributed by atoms with van der Waals surface area (Å²) in [5.74, 6) is 1.18. The maximum absolute atomic E-state index is 6.61. The van der Waals surface area contributed by atoms with Gasteiger partial charge in [0.05, 0.1) is 23.0 Å². The Hall–Kier alpha value is -6.92. The van der Waals surface area contributed by atoms with Gasteiger partial charge in [-0.3, -0.25) is 4.99 Å². The molecule has 7 aromatic carbocycles. The highest BCUT2D eigenvalue weighted by molar-refractivity contribution is 6.27. The van der Waals surface area contributed by atoms with Gasteiger partial charge in [-0.05, 0) is 47.8 Å². The summed E-state index contributed by atoms with van der Waals surface area (Å²) in [7, 11) is 0. The molecule has 0 fully saturated rings. The molecule has 6 nitrogen and oxygen atoms in total. The summed E-state index contributed by atoms with van der Waals surface area (Å²) in [6.07, 6.45) is -0.483. The van der Waals surface area contributed by atoms with Crippen molar-refractivity contribution >= 4 is 77.4 Å². The number of aliphatic imine (C=N–C) groups is 2. The second kappa shape index (κ2) is 10.8. The number of amidine groups is 2. The third kappa shape index (κ3) is 4.23. The van der Waals surface area contributed by atoms with Crippen molar-refractivity contribution in [3.8, 4) is 5.69 Å². The Labute approximate surface area is 291 Å². The van der Waals surface area contributed by atoms with Gasteiger partial charge in [0.2, 0.25) is 0 Å². The minimum atomic E-state index is -0.483. The van der Waals surface area contributed by atoms with Gasteiger partial charge in [-0.1, -0.05) is 115 Å². The molecule has 11 rings (SSSR count). The molecule has 6 heteroatoms. The van der Waals surface area contributed by atoms with Crippen LogP contribution in [-0.4, -0.2) is 16.2 Å². The lowest BCUT2D eigenvalue weighted by molar-refractivity contribution is 0.667. The average Bonchev–Trinajstić information content (AvgIpc) is 3.87. The predicted molar refractivity (Wildman–Crippen MR) is 207 cm³/mol. The molecule has 0 aliphatic carbocycles. The normalized spacial score (nSPS) is 14.9. The van der Waals surface area contributed by atoms with Crippen LogP contribution in [0.3, 0.4) is 0 Å². The van der Waals surface area contributed by atoms with Gasteiger partial charge in [-0.15, -0.1) is 0 Å². The molecule has 0 radical (unpaired) electrons. The van der Waals surface area contributed by atoms with Crippen molar-refractivity contribution in [3.05, 3.63) is 180 Å². The monoisotopic (exact) mass is 655 g/mol. The Morgan fingerprint density at radius 3 is 2.00 bits per heavy atom. The van der Waals surface area contributed by atoms with Crippen LogP contribution in [0.2, 0.25) is 0 Å². The minimum absolute atomic E-state index is 0.483. The predicted octanol–water partition coefficient (Wildman–Crippen LogP) is 11.9. The molecule has 0 spiro atoms. The Balaban J connectivity index is 1.11. The van der Waals surface area contributed by atoms with E-state index in [-0.39, 0.29) is 0 Å². The van der Waals surface area contributed by atoms with E-state index < -0.39 is 6.17 Å². The third-order valence-corrected chi connectivity index (χ3v) is 10.0. The SMILES string of the molecule is c1ccc(C2N=C(c3cccc4oc5cc(-n6c7ccccc7c7ccccc76)ccc5c34)N=C(c3cccc4c3oc3ccccc34)[N-]2)cc1. The highest BCUT2D eigenvalue weighted by atomic mass is 16.3. The molecule has 1 aliphatic rings. The van der Waals surface area contributed by atoms with Crippen LogP contribution in [0.4, 0.5) is 0 Å². The summed E-state index contributed by atoms with van der Waals surface area (Å²) in [5, 5.41) is 11.6. The van der Waals surface area contributed by atoms with Crippen LogP contribution in [0.5, 0.6) is 0 Å². The van der Waals surface area contributed by atoms with Gasteiger partial charge in [-0.25, -0.2) is 0 Å². The first-order chi connectivity index (χ1) is 25.3. The molecule has 4 heterocycles. The minimum Gasteiger partial charge on any atom is -0.456 e. The van der Waals surface area contributed by atoms with Gasteiger partial charge in [0, 0.05) is 55.2 Å². The van der Waals surface area contributed by atoms with E-state index in [2.05, 4.69) is 102 Å². The first-order valence-electron chi connectivity index (χ1n) is 17.1. The second-order valence-electron chi connectivity index (χ2n) is 12.9. The van der Waals surface area contributed by atoms with E-state index in [9.17, 15) is 0 Å². The fourth-order valence-corrected chi connectivity index (χ4v) is 7.72. The molecule has 3 aromatic heterocycles. The summed E-state index contributed by atoms with van der Waals surface area (Å²) in [6, 6.07) is 54.1.